The number of aryl methyl sites for hydroxylation is 1. The quantitative estimate of drug-likeness (QED) is 0.254. The predicted octanol–water partition coefficient (Wildman–Crippen LogP) is 5.82. The van der Waals surface area contributed by atoms with Gasteiger partial charge in [0.05, 0.1) is 18.9 Å². The molecule has 0 spiro atoms. The summed E-state index contributed by atoms with van der Waals surface area (Å²) < 4.78 is 17.4. The molecule has 1 heterocycles. The summed E-state index contributed by atoms with van der Waals surface area (Å²) >= 11 is 0. The zero-order valence-electron chi connectivity index (χ0n) is 23.3. The summed E-state index contributed by atoms with van der Waals surface area (Å²) in [5, 5.41) is 9.17. The van der Waals surface area contributed by atoms with Crippen LogP contribution in [-0.4, -0.2) is 37.0 Å². The molecule has 1 saturated carbocycles. The number of hydrogen-bond acceptors (Lipinski definition) is 7. The molecule has 1 aliphatic heterocycles. The first-order valence-corrected chi connectivity index (χ1v) is 14.0. The van der Waals surface area contributed by atoms with E-state index in [9.17, 15) is 9.59 Å². The molecule has 3 N–H and O–H groups in total. The molecule has 1 fully saturated rings. The zero-order valence-corrected chi connectivity index (χ0v) is 23.3. The molecule has 1 aliphatic carbocycles. The fourth-order valence-electron chi connectivity index (χ4n) is 4.91. The molecule has 0 aromatic heterocycles. The van der Waals surface area contributed by atoms with Crippen molar-refractivity contribution < 1.29 is 28.9 Å². The van der Waals surface area contributed by atoms with Gasteiger partial charge in [-0.15, -0.1) is 0 Å². The number of carbonyl (C=O) groups excluding carboxylic acids is 1. The molecule has 214 valence electrons. The SMILES string of the molecule is CC1=C(CCOc2ccc(CCC(=O)O)c(C(N)C(=O)OCC3CC3)c2)N(c2ccc(-c3ccccc3)cc2)CO1. The number of rotatable bonds is 13. The van der Waals surface area contributed by atoms with Gasteiger partial charge in [-0.05, 0) is 78.6 Å². The lowest BCUT2D eigenvalue weighted by Gasteiger charge is -2.21. The Balaban J connectivity index is 1.24. The second kappa shape index (κ2) is 12.9. The second-order valence-corrected chi connectivity index (χ2v) is 10.5. The van der Waals surface area contributed by atoms with Crippen LogP contribution in [0.1, 0.15) is 49.8 Å². The minimum atomic E-state index is -1.01. The molecular formula is C33H36N2O6. The van der Waals surface area contributed by atoms with E-state index in [0.717, 1.165) is 35.5 Å². The fraction of sp³-hybridized carbons (Fsp3) is 0.333. The maximum absolute atomic E-state index is 12.6. The van der Waals surface area contributed by atoms with Gasteiger partial charge < -0.3 is 30.0 Å². The van der Waals surface area contributed by atoms with Gasteiger partial charge >= 0.3 is 11.9 Å². The molecule has 41 heavy (non-hydrogen) atoms. The molecule has 0 bridgehead atoms. The summed E-state index contributed by atoms with van der Waals surface area (Å²) in [6, 6.07) is 23.0. The third-order valence-corrected chi connectivity index (χ3v) is 7.51. The van der Waals surface area contributed by atoms with Crippen molar-refractivity contribution >= 4 is 17.6 Å². The van der Waals surface area contributed by atoms with Crippen LogP contribution >= 0.6 is 0 Å². The number of carboxylic acid groups (broad SMARTS) is 1. The van der Waals surface area contributed by atoms with E-state index in [1.54, 1.807) is 18.2 Å². The average Bonchev–Trinajstić information content (AvgIpc) is 3.76. The van der Waals surface area contributed by atoms with Crippen LogP contribution in [0.2, 0.25) is 0 Å². The Hall–Kier alpha value is -4.30. The Morgan fingerprint density at radius 3 is 2.46 bits per heavy atom. The molecule has 2 aliphatic rings. The van der Waals surface area contributed by atoms with Gasteiger partial charge in [-0.2, -0.15) is 0 Å². The van der Waals surface area contributed by atoms with Crippen LogP contribution in [-0.2, 0) is 25.5 Å². The Labute approximate surface area is 240 Å². The number of hydrogen-bond donors (Lipinski definition) is 2. The maximum atomic E-state index is 12.6. The number of ether oxygens (including phenoxy) is 3. The summed E-state index contributed by atoms with van der Waals surface area (Å²) in [5.41, 5.74) is 11.9. The lowest BCUT2D eigenvalue weighted by atomic mass is 9.97. The van der Waals surface area contributed by atoms with Gasteiger partial charge in [-0.1, -0.05) is 48.5 Å². The summed E-state index contributed by atoms with van der Waals surface area (Å²) in [6.07, 6.45) is 2.93. The number of allylic oxidation sites excluding steroid dienone is 1. The summed E-state index contributed by atoms with van der Waals surface area (Å²) in [5.74, 6) is 0.406. The minimum absolute atomic E-state index is 0.0629. The third kappa shape index (κ3) is 7.27. The van der Waals surface area contributed by atoms with Gasteiger partial charge in [0.2, 0.25) is 0 Å². The summed E-state index contributed by atoms with van der Waals surface area (Å²) in [6.45, 7) is 3.14. The summed E-state index contributed by atoms with van der Waals surface area (Å²) in [4.78, 5) is 26.0. The topological polar surface area (TPSA) is 111 Å². The third-order valence-electron chi connectivity index (χ3n) is 7.51. The number of carbonyl (C=O) groups is 2. The van der Waals surface area contributed by atoms with Crippen molar-refractivity contribution in [1.82, 2.24) is 0 Å². The molecule has 0 radical (unpaired) electrons. The van der Waals surface area contributed by atoms with Gasteiger partial charge in [0.15, 0.2) is 6.73 Å². The van der Waals surface area contributed by atoms with Crippen LogP contribution < -0.4 is 15.4 Å². The second-order valence-electron chi connectivity index (χ2n) is 10.5. The zero-order chi connectivity index (χ0) is 28.8. The molecule has 8 heteroatoms. The van der Waals surface area contributed by atoms with Crippen molar-refractivity contribution in [2.24, 2.45) is 11.7 Å². The van der Waals surface area contributed by atoms with Crippen LogP contribution in [0.25, 0.3) is 11.1 Å². The van der Waals surface area contributed by atoms with Crippen molar-refractivity contribution in [3.63, 3.8) is 0 Å². The summed E-state index contributed by atoms with van der Waals surface area (Å²) in [7, 11) is 0. The predicted molar refractivity (Wildman–Crippen MR) is 156 cm³/mol. The van der Waals surface area contributed by atoms with Crippen LogP contribution in [0.5, 0.6) is 5.75 Å². The number of esters is 1. The first-order valence-electron chi connectivity index (χ1n) is 14.0. The molecule has 8 nitrogen and oxygen atoms in total. The van der Waals surface area contributed by atoms with Crippen molar-refractivity contribution in [1.29, 1.82) is 0 Å². The Morgan fingerprint density at radius 1 is 1.02 bits per heavy atom. The van der Waals surface area contributed by atoms with E-state index in [0.29, 0.717) is 49.2 Å². The number of anilines is 1. The first kappa shape index (κ1) is 28.2. The van der Waals surface area contributed by atoms with Crippen LogP contribution in [0, 0.1) is 5.92 Å². The van der Waals surface area contributed by atoms with Gasteiger partial charge in [0, 0.05) is 18.5 Å². The van der Waals surface area contributed by atoms with Crippen LogP contribution in [0.3, 0.4) is 0 Å². The molecule has 0 amide bonds. The highest BCUT2D eigenvalue weighted by Gasteiger charge is 2.27. The van der Waals surface area contributed by atoms with Crippen LogP contribution in [0.4, 0.5) is 5.69 Å². The molecule has 0 saturated heterocycles. The van der Waals surface area contributed by atoms with Crippen molar-refractivity contribution in [3.05, 3.63) is 95.4 Å². The molecule has 5 rings (SSSR count). The van der Waals surface area contributed by atoms with E-state index < -0.39 is 18.0 Å². The monoisotopic (exact) mass is 556 g/mol. The Bertz CT molecular complexity index is 1400. The van der Waals surface area contributed by atoms with Gasteiger partial charge in [-0.3, -0.25) is 4.79 Å². The standard InChI is InChI=1S/C33H36N2O6/c1-22-30(35(21-41-22)27-13-9-25(10-14-27)24-5-3-2-4-6-24)17-18-39-28-15-11-26(12-16-31(36)37)29(19-28)32(34)33(38)40-20-23-7-8-23/h2-6,9-11,13-15,19,23,32H,7-8,12,16-18,20-21,34H2,1H3,(H,36,37). The molecular weight excluding hydrogens is 520 g/mol. The Kier molecular flexibility index (Phi) is 8.89. The van der Waals surface area contributed by atoms with Gasteiger partial charge in [0.1, 0.15) is 17.6 Å². The highest BCUT2D eigenvalue weighted by atomic mass is 16.5. The van der Waals surface area contributed by atoms with Crippen molar-refractivity contribution in [2.75, 3.05) is 24.8 Å². The van der Waals surface area contributed by atoms with E-state index in [2.05, 4.69) is 41.3 Å². The highest BCUT2D eigenvalue weighted by molar-refractivity contribution is 5.78. The number of aliphatic carboxylic acids is 1. The van der Waals surface area contributed by atoms with Crippen molar-refractivity contribution in [3.8, 4) is 16.9 Å². The lowest BCUT2D eigenvalue weighted by molar-refractivity contribution is -0.146. The van der Waals surface area contributed by atoms with E-state index >= 15 is 0 Å². The number of nitrogens with two attached hydrogens (primary N) is 1. The number of benzene rings is 3. The van der Waals surface area contributed by atoms with Crippen LogP contribution in [0.15, 0.2) is 84.3 Å². The largest absolute Gasteiger partial charge is 0.493 e. The van der Waals surface area contributed by atoms with E-state index in [-0.39, 0.29) is 12.8 Å². The van der Waals surface area contributed by atoms with Gasteiger partial charge in [0.25, 0.3) is 0 Å². The number of carboxylic acids is 1. The van der Waals surface area contributed by atoms with E-state index in [1.165, 1.54) is 5.56 Å². The first-order chi connectivity index (χ1) is 19.9. The van der Waals surface area contributed by atoms with E-state index in [1.807, 2.05) is 25.1 Å². The highest BCUT2D eigenvalue weighted by Crippen LogP contribution is 2.32. The lowest BCUT2D eigenvalue weighted by Crippen LogP contribution is -2.26. The smallest absolute Gasteiger partial charge is 0.327 e. The average molecular weight is 557 g/mol. The van der Waals surface area contributed by atoms with E-state index in [4.69, 9.17) is 25.1 Å². The number of nitrogens with zero attached hydrogens (tertiary/aromatic N) is 1. The maximum Gasteiger partial charge on any atom is 0.327 e. The fourth-order valence-corrected chi connectivity index (χ4v) is 4.91. The normalized spacial score (nSPS) is 15.4. The molecule has 3 aromatic carbocycles. The van der Waals surface area contributed by atoms with Gasteiger partial charge in [-0.25, -0.2) is 4.79 Å². The molecule has 3 aromatic rings. The Morgan fingerprint density at radius 2 is 1.76 bits per heavy atom. The molecule has 1 unspecified atom stereocenters. The van der Waals surface area contributed by atoms with Crippen molar-refractivity contribution in [2.45, 2.75) is 45.1 Å². The minimum Gasteiger partial charge on any atom is -0.493 e. The molecule has 1 atom stereocenters.